The molecular formula is C11H8N2S. The number of hydrogen-bond acceptors (Lipinski definition) is 3. The summed E-state index contributed by atoms with van der Waals surface area (Å²) < 4.78 is 2.49. The van der Waals surface area contributed by atoms with Crippen molar-refractivity contribution < 1.29 is 0 Å². The second-order valence-corrected chi connectivity index (χ2v) is 4.34. The molecule has 0 N–H and O–H groups in total. The van der Waals surface area contributed by atoms with Gasteiger partial charge in [-0.15, -0.1) is 11.3 Å². The zero-order valence-electron chi connectivity index (χ0n) is 7.69. The SMILES string of the molecule is Cc1cccc2c1sc1cncnc12. The molecule has 0 spiro atoms. The molecule has 0 aliphatic rings. The molecule has 2 aromatic heterocycles. The molecule has 3 heteroatoms. The normalized spacial score (nSPS) is 11.2. The van der Waals surface area contributed by atoms with E-state index < -0.39 is 0 Å². The molecule has 0 amide bonds. The lowest BCUT2D eigenvalue weighted by Crippen LogP contribution is -1.75. The molecule has 0 bridgehead atoms. The zero-order valence-corrected chi connectivity index (χ0v) is 8.51. The van der Waals surface area contributed by atoms with Crippen molar-refractivity contribution in [2.75, 3.05) is 0 Å². The molecule has 0 unspecified atom stereocenters. The number of rotatable bonds is 0. The number of benzene rings is 1. The third-order valence-electron chi connectivity index (χ3n) is 2.36. The summed E-state index contributed by atoms with van der Waals surface area (Å²) in [4.78, 5) is 8.35. The van der Waals surface area contributed by atoms with E-state index in [0.717, 1.165) is 10.2 Å². The van der Waals surface area contributed by atoms with Gasteiger partial charge >= 0.3 is 0 Å². The van der Waals surface area contributed by atoms with Crippen LogP contribution < -0.4 is 0 Å². The molecule has 3 aromatic rings. The number of aryl methyl sites for hydroxylation is 1. The van der Waals surface area contributed by atoms with Crippen LogP contribution in [0.1, 0.15) is 5.56 Å². The average Bonchev–Trinajstić information content (AvgIpc) is 2.59. The van der Waals surface area contributed by atoms with Gasteiger partial charge in [0.1, 0.15) is 6.33 Å². The molecule has 0 aliphatic heterocycles. The van der Waals surface area contributed by atoms with Gasteiger partial charge in [-0.05, 0) is 12.5 Å². The van der Waals surface area contributed by atoms with Crippen LogP contribution in [0.5, 0.6) is 0 Å². The third-order valence-corrected chi connectivity index (χ3v) is 3.62. The van der Waals surface area contributed by atoms with Gasteiger partial charge in [0.15, 0.2) is 0 Å². The molecule has 14 heavy (non-hydrogen) atoms. The lowest BCUT2D eigenvalue weighted by atomic mass is 10.2. The predicted octanol–water partition coefficient (Wildman–Crippen LogP) is 3.15. The first kappa shape index (κ1) is 7.88. The Morgan fingerprint density at radius 1 is 1.29 bits per heavy atom. The Hall–Kier alpha value is -1.48. The summed E-state index contributed by atoms with van der Waals surface area (Å²) in [6, 6.07) is 6.32. The van der Waals surface area contributed by atoms with E-state index in [1.807, 2.05) is 6.20 Å². The molecule has 2 heterocycles. The number of aromatic nitrogens is 2. The van der Waals surface area contributed by atoms with Gasteiger partial charge < -0.3 is 0 Å². The van der Waals surface area contributed by atoms with Crippen molar-refractivity contribution in [1.29, 1.82) is 0 Å². The molecule has 0 saturated carbocycles. The Labute approximate surface area is 85.2 Å². The fourth-order valence-corrected chi connectivity index (χ4v) is 2.77. The van der Waals surface area contributed by atoms with Crippen LogP contribution in [0.4, 0.5) is 0 Å². The second kappa shape index (κ2) is 2.75. The van der Waals surface area contributed by atoms with E-state index in [0.29, 0.717) is 0 Å². The number of fused-ring (bicyclic) bond motifs is 3. The van der Waals surface area contributed by atoms with E-state index in [9.17, 15) is 0 Å². The highest BCUT2D eigenvalue weighted by Crippen LogP contribution is 2.33. The maximum absolute atomic E-state index is 4.31. The Balaban J connectivity index is 2.63. The van der Waals surface area contributed by atoms with Crippen molar-refractivity contribution in [3.63, 3.8) is 0 Å². The molecule has 68 valence electrons. The van der Waals surface area contributed by atoms with Gasteiger partial charge in [-0.3, -0.25) is 0 Å². The predicted molar refractivity (Wildman–Crippen MR) is 59.7 cm³/mol. The largest absolute Gasteiger partial charge is 0.243 e. The molecule has 0 radical (unpaired) electrons. The van der Waals surface area contributed by atoms with E-state index in [-0.39, 0.29) is 0 Å². The maximum Gasteiger partial charge on any atom is 0.116 e. The van der Waals surface area contributed by atoms with Crippen LogP contribution >= 0.6 is 11.3 Å². The summed E-state index contributed by atoms with van der Waals surface area (Å²) in [5.41, 5.74) is 2.38. The van der Waals surface area contributed by atoms with Crippen LogP contribution in [0.2, 0.25) is 0 Å². The first-order valence-electron chi connectivity index (χ1n) is 4.44. The summed E-state index contributed by atoms with van der Waals surface area (Å²) in [6.07, 6.45) is 3.49. The quantitative estimate of drug-likeness (QED) is 0.557. The van der Waals surface area contributed by atoms with Gasteiger partial charge in [0.2, 0.25) is 0 Å². The highest BCUT2D eigenvalue weighted by Gasteiger charge is 2.06. The standard InChI is InChI=1S/C11H8N2S/c1-7-3-2-4-8-10-9(14-11(7)8)5-12-6-13-10/h2-6H,1H3. The molecule has 3 rings (SSSR count). The van der Waals surface area contributed by atoms with E-state index in [2.05, 4.69) is 35.1 Å². The molecule has 2 nitrogen and oxygen atoms in total. The van der Waals surface area contributed by atoms with Crippen LogP contribution in [0.25, 0.3) is 20.3 Å². The van der Waals surface area contributed by atoms with Crippen LogP contribution in [0.3, 0.4) is 0 Å². The maximum atomic E-state index is 4.31. The van der Waals surface area contributed by atoms with Crippen LogP contribution in [-0.4, -0.2) is 9.97 Å². The van der Waals surface area contributed by atoms with Crippen LogP contribution in [-0.2, 0) is 0 Å². The summed E-state index contributed by atoms with van der Waals surface area (Å²) in [5, 5.41) is 1.24. The van der Waals surface area contributed by atoms with Crippen molar-refractivity contribution in [3.8, 4) is 0 Å². The van der Waals surface area contributed by atoms with Crippen molar-refractivity contribution >= 4 is 31.6 Å². The first-order chi connectivity index (χ1) is 6.86. The van der Waals surface area contributed by atoms with Crippen LogP contribution in [0.15, 0.2) is 30.7 Å². The van der Waals surface area contributed by atoms with E-state index in [1.165, 1.54) is 15.6 Å². The minimum atomic E-state index is 1.07. The summed E-state index contributed by atoms with van der Waals surface area (Å²) >= 11 is 1.76. The number of thiophene rings is 1. The number of nitrogens with zero attached hydrogens (tertiary/aromatic N) is 2. The fraction of sp³-hybridized carbons (Fsp3) is 0.0909. The summed E-state index contributed by atoms with van der Waals surface area (Å²) in [5.74, 6) is 0. The van der Waals surface area contributed by atoms with E-state index >= 15 is 0 Å². The van der Waals surface area contributed by atoms with Gasteiger partial charge in [0, 0.05) is 16.3 Å². The molecule has 0 saturated heterocycles. The van der Waals surface area contributed by atoms with Gasteiger partial charge in [-0.1, -0.05) is 18.2 Å². The minimum absolute atomic E-state index is 1.07. The summed E-state index contributed by atoms with van der Waals surface area (Å²) in [6.45, 7) is 2.13. The van der Waals surface area contributed by atoms with Crippen molar-refractivity contribution in [1.82, 2.24) is 9.97 Å². The van der Waals surface area contributed by atoms with Gasteiger partial charge in [-0.2, -0.15) is 0 Å². The van der Waals surface area contributed by atoms with Gasteiger partial charge in [-0.25, -0.2) is 9.97 Å². The molecular weight excluding hydrogens is 192 g/mol. The van der Waals surface area contributed by atoms with Crippen molar-refractivity contribution in [3.05, 3.63) is 36.3 Å². The third kappa shape index (κ3) is 0.960. The lowest BCUT2D eigenvalue weighted by Gasteiger charge is -1.92. The zero-order chi connectivity index (χ0) is 9.54. The Bertz CT molecular complexity index is 613. The lowest BCUT2D eigenvalue weighted by molar-refractivity contribution is 1.23. The van der Waals surface area contributed by atoms with E-state index in [1.54, 1.807) is 17.7 Å². The first-order valence-corrected chi connectivity index (χ1v) is 5.26. The Kier molecular flexibility index (Phi) is 1.55. The van der Waals surface area contributed by atoms with Gasteiger partial charge in [0.05, 0.1) is 10.2 Å². The smallest absolute Gasteiger partial charge is 0.116 e. The topological polar surface area (TPSA) is 25.8 Å². The van der Waals surface area contributed by atoms with Crippen molar-refractivity contribution in [2.45, 2.75) is 6.92 Å². The number of hydrogen-bond donors (Lipinski definition) is 0. The summed E-state index contributed by atoms with van der Waals surface area (Å²) in [7, 11) is 0. The highest BCUT2D eigenvalue weighted by molar-refractivity contribution is 7.25. The monoisotopic (exact) mass is 200 g/mol. The Morgan fingerprint density at radius 3 is 3.14 bits per heavy atom. The fourth-order valence-electron chi connectivity index (χ4n) is 1.68. The minimum Gasteiger partial charge on any atom is -0.243 e. The molecule has 0 aliphatic carbocycles. The highest BCUT2D eigenvalue weighted by atomic mass is 32.1. The van der Waals surface area contributed by atoms with Gasteiger partial charge in [0.25, 0.3) is 0 Å². The van der Waals surface area contributed by atoms with E-state index in [4.69, 9.17) is 0 Å². The molecule has 0 atom stereocenters. The molecule has 1 aromatic carbocycles. The second-order valence-electron chi connectivity index (χ2n) is 3.29. The van der Waals surface area contributed by atoms with Crippen molar-refractivity contribution in [2.24, 2.45) is 0 Å². The Morgan fingerprint density at radius 2 is 2.21 bits per heavy atom. The average molecular weight is 200 g/mol. The molecule has 0 fully saturated rings. The van der Waals surface area contributed by atoms with Crippen LogP contribution in [0, 0.1) is 6.92 Å².